The molecule has 1 aliphatic heterocycles. The number of carbonyl (C=O) groups excluding carboxylic acids is 1. The molecule has 1 saturated heterocycles. The van der Waals surface area contributed by atoms with Crippen molar-refractivity contribution in [2.45, 2.75) is 5.92 Å². The van der Waals surface area contributed by atoms with Crippen LogP contribution in [-0.2, 0) is 9.59 Å². The van der Waals surface area contributed by atoms with Gasteiger partial charge in [-0.3, -0.25) is 9.59 Å². The molecule has 1 aromatic rings. The zero-order valence-corrected chi connectivity index (χ0v) is 9.94. The van der Waals surface area contributed by atoms with Crippen molar-refractivity contribution >= 4 is 11.9 Å². The van der Waals surface area contributed by atoms with Crippen molar-refractivity contribution in [2.24, 2.45) is 5.92 Å². The zero-order valence-electron chi connectivity index (χ0n) is 9.94. The summed E-state index contributed by atoms with van der Waals surface area (Å²) in [6, 6.07) is 1.71. The molecule has 1 fully saturated rings. The monoisotopic (exact) mass is 271 g/mol. The van der Waals surface area contributed by atoms with Gasteiger partial charge in [0.15, 0.2) is 11.6 Å². The van der Waals surface area contributed by atoms with Crippen LogP contribution in [0.25, 0.3) is 0 Å². The van der Waals surface area contributed by atoms with E-state index in [1.807, 2.05) is 0 Å². The molecule has 7 heteroatoms. The van der Waals surface area contributed by atoms with Crippen molar-refractivity contribution in [3.8, 4) is 5.75 Å². The number of nitrogens with one attached hydrogen (secondary N) is 1. The largest absolute Gasteiger partial charge is 0.494 e. The Morgan fingerprint density at radius 1 is 1.42 bits per heavy atom. The molecule has 0 aliphatic carbocycles. The van der Waals surface area contributed by atoms with E-state index in [-0.39, 0.29) is 17.9 Å². The molecule has 5 nitrogen and oxygen atoms in total. The first-order chi connectivity index (χ1) is 8.95. The topological polar surface area (TPSA) is 75.6 Å². The number of aliphatic carboxylic acids is 1. The Hall–Kier alpha value is -2.18. The van der Waals surface area contributed by atoms with Gasteiger partial charge in [0.2, 0.25) is 5.91 Å². The van der Waals surface area contributed by atoms with Crippen LogP contribution < -0.4 is 10.1 Å². The summed E-state index contributed by atoms with van der Waals surface area (Å²) in [4.78, 5) is 22.4. The molecule has 19 heavy (non-hydrogen) atoms. The Bertz CT molecular complexity index is 547. The molecule has 0 radical (unpaired) electrons. The Morgan fingerprint density at radius 3 is 2.68 bits per heavy atom. The summed E-state index contributed by atoms with van der Waals surface area (Å²) in [5.74, 6) is -6.30. The fraction of sp³-hybridized carbons (Fsp3) is 0.333. The smallest absolute Gasteiger partial charge is 0.316 e. The highest BCUT2D eigenvalue weighted by molar-refractivity contribution is 5.99. The van der Waals surface area contributed by atoms with Gasteiger partial charge in [0, 0.05) is 18.5 Å². The fourth-order valence-electron chi connectivity index (χ4n) is 2.18. The van der Waals surface area contributed by atoms with E-state index in [0.717, 1.165) is 12.1 Å². The van der Waals surface area contributed by atoms with Crippen molar-refractivity contribution in [3.05, 3.63) is 29.3 Å². The minimum Gasteiger partial charge on any atom is -0.494 e. The van der Waals surface area contributed by atoms with Gasteiger partial charge in [0.25, 0.3) is 0 Å². The molecule has 0 saturated carbocycles. The molecular formula is C12H11F2NO4. The van der Waals surface area contributed by atoms with Gasteiger partial charge in [0.05, 0.1) is 7.11 Å². The molecule has 1 aromatic carbocycles. The molecular weight excluding hydrogens is 260 g/mol. The average molecular weight is 271 g/mol. The van der Waals surface area contributed by atoms with Crippen LogP contribution in [-0.4, -0.2) is 30.6 Å². The Labute approximate surface area is 107 Å². The van der Waals surface area contributed by atoms with Crippen LogP contribution in [0.3, 0.4) is 0 Å². The maximum absolute atomic E-state index is 13.9. The second-order valence-electron chi connectivity index (χ2n) is 4.18. The van der Waals surface area contributed by atoms with Gasteiger partial charge < -0.3 is 15.2 Å². The highest BCUT2D eigenvalue weighted by Gasteiger charge is 2.42. The van der Waals surface area contributed by atoms with Crippen molar-refractivity contribution < 1.29 is 28.2 Å². The van der Waals surface area contributed by atoms with Crippen molar-refractivity contribution in [3.63, 3.8) is 0 Å². The van der Waals surface area contributed by atoms with Crippen LogP contribution in [0.4, 0.5) is 8.78 Å². The molecule has 1 heterocycles. The van der Waals surface area contributed by atoms with E-state index in [4.69, 9.17) is 5.11 Å². The summed E-state index contributed by atoms with van der Waals surface area (Å²) in [5.41, 5.74) is -0.149. The lowest BCUT2D eigenvalue weighted by Crippen LogP contribution is -2.27. The van der Waals surface area contributed by atoms with E-state index in [2.05, 4.69) is 10.1 Å². The van der Waals surface area contributed by atoms with E-state index in [1.165, 1.54) is 7.11 Å². The first-order valence-corrected chi connectivity index (χ1v) is 5.49. The maximum atomic E-state index is 13.9. The third-order valence-electron chi connectivity index (χ3n) is 3.12. The van der Waals surface area contributed by atoms with E-state index in [9.17, 15) is 18.4 Å². The highest BCUT2D eigenvalue weighted by atomic mass is 19.1. The van der Waals surface area contributed by atoms with Crippen LogP contribution in [0.5, 0.6) is 5.75 Å². The minimum atomic E-state index is -1.41. The average Bonchev–Trinajstić information content (AvgIpc) is 2.73. The summed E-state index contributed by atoms with van der Waals surface area (Å²) in [7, 11) is 1.19. The number of hydrogen-bond donors (Lipinski definition) is 2. The molecule has 2 atom stereocenters. The van der Waals surface area contributed by atoms with Gasteiger partial charge in [0.1, 0.15) is 11.7 Å². The number of carbonyl (C=O) groups is 2. The summed E-state index contributed by atoms with van der Waals surface area (Å²) in [6.45, 7) is -0.0432. The highest BCUT2D eigenvalue weighted by Crippen LogP contribution is 2.33. The molecule has 2 N–H and O–H groups in total. The second kappa shape index (κ2) is 4.83. The molecule has 0 spiro atoms. The molecule has 2 rings (SSSR count). The van der Waals surface area contributed by atoms with Crippen LogP contribution >= 0.6 is 0 Å². The molecule has 1 amide bonds. The number of halogens is 2. The van der Waals surface area contributed by atoms with E-state index in [0.29, 0.717) is 0 Å². The van der Waals surface area contributed by atoms with E-state index >= 15 is 0 Å². The van der Waals surface area contributed by atoms with Crippen molar-refractivity contribution in [1.82, 2.24) is 5.32 Å². The van der Waals surface area contributed by atoms with Crippen LogP contribution in [0.2, 0.25) is 0 Å². The molecule has 1 aliphatic rings. The molecule has 0 aromatic heterocycles. The van der Waals surface area contributed by atoms with Gasteiger partial charge in [-0.2, -0.15) is 0 Å². The predicted molar refractivity (Wildman–Crippen MR) is 59.8 cm³/mol. The van der Waals surface area contributed by atoms with Crippen molar-refractivity contribution in [1.29, 1.82) is 0 Å². The van der Waals surface area contributed by atoms with Gasteiger partial charge in [-0.1, -0.05) is 0 Å². The van der Waals surface area contributed by atoms with E-state index < -0.39 is 35.3 Å². The summed E-state index contributed by atoms with van der Waals surface area (Å²) in [5, 5.41) is 11.3. The Morgan fingerprint density at radius 2 is 2.11 bits per heavy atom. The normalized spacial score (nSPS) is 22.2. The zero-order chi connectivity index (χ0) is 14.2. The van der Waals surface area contributed by atoms with Gasteiger partial charge in [-0.15, -0.1) is 0 Å². The predicted octanol–water partition coefficient (Wildman–Crippen LogP) is 0.888. The summed E-state index contributed by atoms with van der Waals surface area (Å²) < 4.78 is 32.0. The van der Waals surface area contributed by atoms with Crippen molar-refractivity contribution in [2.75, 3.05) is 13.7 Å². The number of ether oxygens (including phenoxy) is 1. The maximum Gasteiger partial charge on any atom is 0.316 e. The Kier molecular flexibility index (Phi) is 3.37. The third-order valence-corrected chi connectivity index (χ3v) is 3.12. The number of benzene rings is 1. The molecule has 0 bridgehead atoms. The third kappa shape index (κ3) is 2.23. The lowest BCUT2D eigenvalue weighted by Gasteiger charge is -2.15. The first kappa shape index (κ1) is 13.3. The Balaban J connectivity index is 2.44. The second-order valence-corrected chi connectivity index (χ2v) is 4.18. The van der Waals surface area contributed by atoms with Gasteiger partial charge in [-0.25, -0.2) is 8.78 Å². The SMILES string of the molecule is COc1cc(F)c([C@@H]2CNC(=O)[C@H]2C(=O)O)cc1F. The minimum absolute atomic E-state index is 0.0432. The number of rotatable bonds is 3. The van der Waals surface area contributed by atoms with Gasteiger partial charge in [-0.05, 0) is 11.6 Å². The number of methoxy groups -OCH3 is 1. The van der Waals surface area contributed by atoms with E-state index in [1.54, 1.807) is 0 Å². The number of hydrogen-bond acceptors (Lipinski definition) is 3. The summed E-state index contributed by atoms with van der Waals surface area (Å²) in [6.07, 6.45) is 0. The lowest BCUT2D eigenvalue weighted by atomic mass is 9.88. The van der Waals surface area contributed by atoms with Crippen LogP contribution in [0.15, 0.2) is 12.1 Å². The quantitative estimate of drug-likeness (QED) is 0.800. The first-order valence-electron chi connectivity index (χ1n) is 5.49. The van der Waals surface area contributed by atoms with Crippen LogP contribution in [0.1, 0.15) is 11.5 Å². The fourth-order valence-corrected chi connectivity index (χ4v) is 2.18. The van der Waals surface area contributed by atoms with Gasteiger partial charge >= 0.3 is 5.97 Å². The standard InChI is InChI=1S/C12H11F2NO4/c1-19-9-3-7(13)5(2-8(9)14)6-4-15-11(16)10(6)12(17)18/h2-3,6,10H,4H2,1H3,(H,15,16)(H,17,18)/t6-,10-/m0/s1. The molecule has 0 unspecified atom stereocenters. The number of amides is 1. The molecule has 102 valence electrons. The van der Waals surface area contributed by atoms with Crippen LogP contribution in [0, 0.1) is 17.6 Å². The summed E-state index contributed by atoms with van der Waals surface area (Å²) >= 11 is 0. The number of carboxylic acid groups (broad SMARTS) is 1. The lowest BCUT2D eigenvalue weighted by molar-refractivity contribution is -0.145. The number of carboxylic acids is 1.